The average molecular weight is 319 g/mol. The van der Waals surface area contributed by atoms with Crippen molar-refractivity contribution in [3.05, 3.63) is 59.8 Å². The number of Topliss-reactive ketones (excluding diaryl/α,β-unsaturated/α-hetero) is 1. The minimum absolute atomic E-state index is 0.273. The second-order valence-corrected chi connectivity index (χ2v) is 5.09. The number of anilines is 1. The van der Waals surface area contributed by atoms with Crippen LogP contribution in [0.2, 0.25) is 0 Å². The summed E-state index contributed by atoms with van der Waals surface area (Å²) in [4.78, 5) is 27.6. The highest BCUT2D eigenvalue weighted by Crippen LogP contribution is 2.24. The van der Waals surface area contributed by atoms with E-state index in [1.807, 2.05) is 6.07 Å². The fourth-order valence-electron chi connectivity index (χ4n) is 2.35. The molecule has 0 aliphatic carbocycles. The van der Waals surface area contributed by atoms with E-state index < -0.39 is 11.7 Å². The number of aromatic amines is 1. The number of fused-ring (bicyclic) bond motifs is 1. The lowest BCUT2D eigenvalue weighted by Crippen LogP contribution is -2.22. The van der Waals surface area contributed by atoms with E-state index in [4.69, 9.17) is 10.00 Å². The van der Waals surface area contributed by atoms with Crippen LogP contribution >= 0.6 is 0 Å². The first kappa shape index (κ1) is 15.3. The zero-order valence-corrected chi connectivity index (χ0v) is 12.8. The van der Waals surface area contributed by atoms with E-state index in [2.05, 4.69) is 10.3 Å². The minimum atomic E-state index is -0.747. The molecule has 3 rings (SSSR count). The monoisotopic (exact) mass is 319 g/mol. The van der Waals surface area contributed by atoms with Gasteiger partial charge in [0.25, 0.3) is 11.7 Å². The molecule has 1 heterocycles. The molecule has 0 radical (unpaired) electrons. The first-order valence-electron chi connectivity index (χ1n) is 7.13. The largest absolute Gasteiger partial charge is 0.497 e. The number of hydrogen-bond donors (Lipinski definition) is 2. The molecule has 1 amide bonds. The third kappa shape index (κ3) is 2.83. The molecule has 0 atom stereocenters. The Labute approximate surface area is 137 Å². The van der Waals surface area contributed by atoms with Gasteiger partial charge in [0.2, 0.25) is 0 Å². The predicted molar refractivity (Wildman–Crippen MR) is 89.0 cm³/mol. The van der Waals surface area contributed by atoms with E-state index >= 15 is 0 Å². The maximum absolute atomic E-state index is 12.4. The Hall–Kier alpha value is -3.59. The normalized spacial score (nSPS) is 10.2. The molecule has 0 saturated carbocycles. The fraction of sp³-hybridized carbons (Fsp3) is 0.0556. The van der Waals surface area contributed by atoms with Crippen molar-refractivity contribution in [3.8, 4) is 11.8 Å². The Balaban J connectivity index is 1.85. The second kappa shape index (κ2) is 6.26. The number of amides is 1. The van der Waals surface area contributed by atoms with E-state index in [9.17, 15) is 9.59 Å². The highest BCUT2D eigenvalue weighted by molar-refractivity contribution is 6.48. The number of carbonyl (C=O) groups is 2. The molecule has 0 saturated heterocycles. The van der Waals surface area contributed by atoms with Crippen molar-refractivity contribution >= 4 is 28.3 Å². The Bertz CT molecular complexity index is 965. The summed E-state index contributed by atoms with van der Waals surface area (Å²) in [7, 11) is 1.53. The number of methoxy groups -OCH3 is 1. The van der Waals surface area contributed by atoms with Gasteiger partial charge in [-0.05, 0) is 42.5 Å². The minimum Gasteiger partial charge on any atom is -0.497 e. The molecule has 6 nitrogen and oxygen atoms in total. The zero-order chi connectivity index (χ0) is 17.1. The quantitative estimate of drug-likeness (QED) is 0.571. The van der Waals surface area contributed by atoms with Crippen LogP contribution in [0, 0.1) is 11.3 Å². The highest BCUT2D eigenvalue weighted by Gasteiger charge is 2.20. The molecule has 0 spiro atoms. The molecule has 3 aromatic rings. The number of ether oxygens (including phenoxy) is 1. The van der Waals surface area contributed by atoms with Crippen LogP contribution in [0.25, 0.3) is 10.9 Å². The number of nitrogens with zero attached hydrogens (tertiary/aromatic N) is 1. The van der Waals surface area contributed by atoms with Gasteiger partial charge in [-0.3, -0.25) is 9.59 Å². The van der Waals surface area contributed by atoms with Crippen LogP contribution in [0.1, 0.15) is 15.9 Å². The number of carbonyl (C=O) groups excluding carboxylic acids is 2. The van der Waals surface area contributed by atoms with Crippen molar-refractivity contribution in [2.45, 2.75) is 0 Å². The summed E-state index contributed by atoms with van der Waals surface area (Å²) in [5.74, 6) is -0.800. The van der Waals surface area contributed by atoms with Gasteiger partial charge < -0.3 is 15.0 Å². The Morgan fingerprint density at radius 2 is 1.92 bits per heavy atom. The van der Waals surface area contributed by atoms with Gasteiger partial charge in [0.1, 0.15) is 5.75 Å². The van der Waals surface area contributed by atoms with Gasteiger partial charge in [-0.1, -0.05) is 0 Å². The van der Waals surface area contributed by atoms with Crippen molar-refractivity contribution in [2.75, 3.05) is 12.4 Å². The second-order valence-electron chi connectivity index (χ2n) is 5.09. The first-order valence-corrected chi connectivity index (χ1v) is 7.13. The van der Waals surface area contributed by atoms with Crippen molar-refractivity contribution in [1.29, 1.82) is 5.26 Å². The van der Waals surface area contributed by atoms with Gasteiger partial charge in [-0.15, -0.1) is 0 Å². The van der Waals surface area contributed by atoms with E-state index in [1.54, 1.807) is 42.5 Å². The summed E-state index contributed by atoms with van der Waals surface area (Å²) in [6, 6.07) is 13.5. The highest BCUT2D eigenvalue weighted by atomic mass is 16.5. The van der Waals surface area contributed by atoms with Gasteiger partial charge in [0.15, 0.2) is 0 Å². The zero-order valence-electron chi connectivity index (χ0n) is 12.8. The van der Waals surface area contributed by atoms with Crippen LogP contribution in [0.15, 0.2) is 48.7 Å². The van der Waals surface area contributed by atoms with Gasteiger partial charge in [0, 0.05) is 22.8 Å². The molecule has 0 aliphatic rings. The standard InChI is InChI=1S/C18H13N3O3/c1-24-13-6-7-16-14(8-13)15(10-20-16)17(22)18(23)21-12-4-2-11(9-19)3-5-12/h2-8,10,20H,1H3,(H,21,23). The third-order valence-corrected chi connectivity index (χ3v) is 3.61. The van der Waals surface area contributed by atoms with Crippen LogP contribution < -0.4 is 10.1 Å². The van der Waals surface area contributed by atoms with E-state index in [1.165, 1.54) is 13.3 Å². The van der Waals surface area contributed by atoms with Gasteiger partial charge >= 0.3 is 0 Å². The van der Waals surface area contributed by atoms with Crippen molar-refractivity contribution in [2.24, 2.45) is 0 Å². The Kier molecular flexibility index (Phi) is 4.00. The molecule has 6 heteroatoms. The van der Waals surface area contributed by atoms with Gasteiger partial charge in [0.05, 0.1) is 24.3 Å². The maximum atomic E-state index is 12.4. The van der Waals surface area contributed by atoms with E-state index in [0.29, 0.717) is 22.4 Å². The van der Waals surface area contributed by atoms with Crippen LogP contribution in [-0.2, 0) is 4.79 Å². The van der Waals surface area contributed by atoms with Crippen LogP contribution in [-0.4, -0.2) is 23.8 Å². The number of ketones is 1. The number of nitriles is 1. The van der Waals surface area contributed by atoms with Crippen LogP contribution in [0.3, 0.4) is 0 Å². The lowest BCUT2D eigenvalue weighted by atomic mass is 10.1. The molecular weight excluding hydrogens is 306 g/mol. The van der Waals surface area contributed by atoms with Crippen molar-refractivity contribution in [3.63, 3.8) is 0 Å². The molecule has 24 heavy (non-hydrogen) atoms. The average Bonchev–Trinajstić information content (AvgIpc) is 3.04. The van der Waals surface area contributed by atoms with E-state index in [0.717, 1.165) is 5.52 Å². The predicted octanol–water partition coefficient (Wildman–Crippen LogP) is 2.87. The summed E-state index contributed by atoms with van der Waals surface area (Å²) < 4.78 is 5.15. The number of hydrogen-bond acceptors (Lipinski definition) is 4. The number of aromatic nitrogens is 1. The number of benzene rings is 2. The number of rotatable bonds is 4. The lowest BCUT2D eigenvalue weighted by Gasteiger charge is -2.04. The molecule has 0 bridgehead atoms. The topological polar surface area (TPSA) is 95.0 Å². The smallest absolute Gasteiger partial charge is 0.296 e. The Morgan fingerprint density at radius 3 is 2.58 bits per heavy atom. The molecule has 0 unspecified atom stereocenters. The fourth-order valence-corrected chi connectivity index (χ4v) is 2.35. The molecule has 0 aliphatic heterocycles. The summed E-state index contributed by atoms with van der Waals surface area (Å²) in [6.07, 6.45) is 1.50. The Morgan fingerprint density at radius 1 is 1.17 bits per heavy atom. The molecule has 118 valence electrons. The van der Waals surface area contributed by atoms with Crippen LogP contribution in [0.5, 0.6) is 5.75 Å². The summed E-state index contributed by atoms with van der Waals surface area (Å²) in [5.41, 5.74) is 1.94. The SMILES string of the molecule is COc1ccc2[nH]cc(C(=O)C(=O)Nc3ccc(C#N)cc3)c2c1. The summed E-state index contributed by atoms with van der Waals surface area (Å²) >= 11 is 0. The lowest BCUT2D eigenvalue weighted by molar-refractivity contribution is -0.112. The number of nitrogens with one attached hydrogen (secondary N) is 2. The molecule has 2 N–H and O–H groups in total. The van der Waals surface area contributed by atoms with Crippen molar-refractivity contribution < 1.29 is 14.3 Å². The van der Waals surface area contributed by atoms with E-state index in [-0.39, 0.29) is 5.56 Å². The molecular formula is C18H13N3O3. The molecule has 0 fully saturated rings. The van der Waals surface area contributed by atoms with Gasteiger partial charge in [-0.2, -0.15) is 5.26 Å². The number of H-pyrrole nitrogens is 1. The molecule has 2 aromatic carbocycles. The first-order chi connectivity index (χ1) is 11.6. The van der Waals surface area contributed by atoms with Crippen molar-refractivity contribution in [1.82, 2.24) is 4.98 Å². The summed E-state index contributed by atoms with van der Waals surface area (Å²) in [5, 5.41) is 11.9. The third-order valence-electron chi connectivity index (χ3n) is 3.61. The summed E-state index contributed by atoms with van der Waals surface area (Å²) in [6.45, 7) is 0. The van der Waals surface area contributed by atoms with Gasteiger partial charge in [-0.25, -0.2) is 0 Å². The van der Waals surface area contributed by atoms with Crippen LogP contribution in [0.4, 0.5) is 5.69 Å². The molecule has 1 aromatic heterocycles. The maximum Gasteiger partial charge on any atom is 0.296 e.